The van der Waals surface area contributed by atoms with Gasteiger partial charge in [0.05, 0.1) is 11.0 Å². The third-order valence-electron chi connectivity index (χ3n) is 3.81. The first kappa shape index (κ1) is 13.3. The third kappa shape index (κ3) is 2.61. The van der Waals surface area contributed by atoms with E-state index in [9.17, 15) is 4.79 Å². The number of likely N-dealkylation sites (tertiary alicyclic amines) is 1. The Morgan fingerprint density at radius 3 is 2.90 bits per heavy atom. The van der Waals surface area contributed by atoms with Crippen LogP contribution in [0.15, 0.2) is 30.6 Å². The number of fused-ring (bicyclic) bond motifs is 1. The van der Waals surface area contributed by atoms with Crippen LogP contribution in [0.3, 0.4) is 0 Å². The van der Waals surface area contributed by atoms with Crippen molar-refractivity contribution >= 4 is 28.5 Å². The topological polar surface area (TPSA) is 46.1 Å². The summed E-state index contributed by atoms with van der Waals surface area (Å²) in [5.41, 5.74) is 2.25. The van der Waals surface area contributed by atoms with Gasteiger partial charge in [0.2, 0.25) is 0 Å². The predicted molar refractivity (Wildman–Crippen MR) is 78.9 cm³/mol. The minimum absolute atomic E-state index is 0.0784. The number of hydrogen-bond acceptors (Lipinski definition) is 3. The molecular formula is C15H16ClN3O. The molecule has 4 nitrogen and oxygen atoms in total. The molecule has 0 aliphatic carbocycles. The van der Waals surface area contributed by atoms with E-state index in [1.165, 1.54) is 0 Å². The van der Waals surface area contributed by atoms with E-state index in [1.54, 1.807) is 12.4 Å². The summed E-state index contributed by atoms with van der Waals surface area (Å²) in [4.78, 5) is 22.9. The van der Waals surface area contributed by atoms with E-state index >= 15 is 0 Å². The number of nitrogens with zero attached hydrogens (tertiary/aromatic N) is 3. The molecule has 1 amide bonds. The van der Waals surface area contributed by atoms with Crippen molar-refractivity contribution in [1.29, 1.82) is 0 Å². The van der Waals surface area contributed by atoms with Gasteiger partial charge in [-0.05, 0) is 37.0 Å². The average Bonchev–Trinajstić information content (AvgIpc) is 2.95. The number of benzene rings is 1. The lowest BCUT2D eigenvalue weighted by molar-refractivity contribution is 0.0787. The van der Waals surface area contributed by atoms with Crippen LogP contribution in [-0.4, -0.2) is 39.7 Å². The van der Waals surface area contributed by atoms with Crippen molar-refractivity contribution in [2.75, 3.05) is 19.0 Å². The normalized spacial score (nSPS) is 18.6. The van der Waals surface area contributed by atoms with Crippen LogP contribution in [0, 0.1) is 5.92 Å². The summed E-state index contributed by atoms with van der Waals surface area (Å²) in [7, 11) is 0. The Morgan fingerprint density at radius 2 is 2.10 bits per heavy atom. The molecule has 2 aromatic rings. The minimum Gasteiger partial charge on any atom is -0.338 e. The Balaban J connectivity index is 1.79. The van der Waals surface area contributed by atoms with E-state index in [4.69, 9.17) is 11.6 Å². The smallest absolute Gasteiger partial charge is 0.253 e. The molecule has 0 radical (unpaired) electrons. The van der Waals surface area contributed by atoms with Crippen LogP contribution >= 0.6 is 11.6 Å². The second-order valence-corrected chi connectivity index (χ2v) is 5.52. The van der Waals surface area contributed by atoms with Crippen LogP contribution in [0.25, 0.3) is 11.0 Å². The van der Waals surface area contributed by atoms with Crippen molar-refractivity contribution in [2.24, 2.45) is 5.92 Å². The Labute approximate surface area is 122 Å². The lowest BCUT2D eigenvalue weighted by atomic mass is 10.1. The van der Waals surface area contributed by atoms with Gasteiger partial charge in [0.25, 0.3) is 5.91 Å². The fourth-order valence-electron chi connectivity index (χ4n) is 2.69. The molecule has 0 spiro atoms. The summed E-state index contributed by atoms with van der Waals surface area (Å²) in [5, 5.41) is 0. The van der Waals surface area contributed by atoms with E-state index in [2.05, 4.69) is 9.97 Å². The van der Waals surface area contributed by atoms with Crippen molar-refractivity contribution < 1.29 is 4.79 Å². The van der Waals surface area contributed by atoms with Crippen molar-refractivity contribution in [3.8, 4) is 0 Å². The Bertz CT molecular complexity index is 631. The van der Waals surface area contributed by atoms with Crippen molar-refractivity contribution in [2.45, 2.75) is 12.8 Å². The first-order chi connectivity index (χ1) is 9.78. The van der Waals surface area contributed by atoms with Gasteiger partial charge in [-0.1, -0.05) is 0 Å². The van der Waals surface area contributed by atoms with E-state index in [0.29, 0.717) is 17.4 Å². The van der Waals surface area contributed by atoms with Crippen LogP contribution in [0.1, 0.15) is 23.2 Å². The molecule has 1 fully saturated rings. The molecule has 0 bridgehead atoms. The molecule has 1 aromatic carbocycles. The highest BCUT2D eigenvalue weighted by atomic mass is 35.5. The lowest BCUT2D eigenvalue weighted by Crippen LogP contribution is -2.28. The summed E-state index contributed by atoms with van der Waals surface area (Å²) >= 11 is 5.77. The Hall–Kier alpha value is -1.68. The van der Waals surface area contributed by atoms with Crippen molar-refractivity contribution in [3.05, 3.63) is 36.2 Å². The molecule has 0 N–H and O–H groups in total. The number of halogens is 1. The van der Waals surface area contributed by atoms with Gasteiger partial charge in [-0.15, -0.1) is 11.6 Å². The van der Waals surface area contributed by atoms with E-state index < -0.39 is 0 Å². The molecule has 1 aliphatic rings. The predicted octanol–water partition coefficient (Wildman–Crippen LogP) is 2.72. The molecule has 1 aromatic heterocycles. The maximum absolute atomic E-state index is 12.5. The van der Waals surface area contributed by atoms with E-state index in [0.717, 1.165) is 37.0 Å². The summed E-state index contributed by atoms with van der Waals surface area (Å²) < 4.78 is 0. The quantitative estimate of drug-likeness (QED) is 0.816. The first-order valence-electron chi connectivity index (χ1n) is 6.84. The van der Waals surface area contributed by atoms with Crippen LogP contribution in [0.4, 0.5) is 0 Å². The number of amides is 1. The molecule has 2 heterocycles. The highest BCUT2D eigenvalue weighted by Crippen LogP contribution is 2.22. The zero-order chi connectivity index (χ0) is 13.9. The Morgan fingerprint density at radius 1 is 1.30 bits per heavy atom. The second-order valence-electron chi connectivity index (χ2n) is 5.14. The van der Waals surface area contributed by atoms with Gasteiger partial charge >= 0.3 is 0 Å². The van der Waals surface area contributed by atoms with Gasteiger partial charge in [-0.2, -0.15) is 0 Å². The molecule has 20 heavy (non-hydrogen) atoms. The van der Waals surface area contributed by atoms with Crippen molar-refractivity contribution in [3.63, 3.8) is 0 Å². The zero-order valence-corrected chi connectivity index (χ0v) is 11.9. The van der Waals surface area contributed by atoms with Crippen LogP contribution in [0.2, 0.25) is 0 Å². The van der Waals surface area contributed by atoms with E-state index in [1.807, 2.05) is 23.1 Å². The second kappa shape index (κ2) is 5.75. The van der Waals surface area contributed by atoms with Crippen molar-refractivity contribution in [1.82, 2.24) is 14.9 Å². The molecule has 1 unspecified atom stereocenters. The lowest BCUT2D eigenvalue weighted by Gasteiger charge is -2.16. The molecule has 1 saturated heterocycles. The largest absolute Gasteiger partial charge is 0.338 e. The highest BCUT2D eigenvalue weighted by Gasteiger charge is 2.26. The number of rotatable bonds is 3. The number of carbonyl (C=O) groups excluding carboxylic acids is 1. The average molecular weight is 290 g/mol. The maximum atomic E-state index is 12.5. The Kier molecular flexibility index (Phi) is 3.83. The highest BCUT2D eigenvalue weighted by molar-refractivity contribution is 6.17. The fraction of sp³-hybridized carbons (Fsp3) is 0.400. The van der Waals surface area contributed by atoms with Gasteiger partial charge in [0, 0.05) is 36.9 Å². The van der Waals surface area contributed by atoms with Gasteiger partial charge in [-0.3, -0.25) is 14.8 Å². The number of alkyl halides is 1. The van der Waals surface area contributed by atoms with Gasteiger partial charge in [0.15, 0.2) is 0 Å². The molecule has 3 rings (SSSR count). The van der Waals surface area contributed by atoms with Crippen LogP contribution in [0.5, 0.6) is 0 Å². The molecule has 104 valence electrons. The summed E-state index contributed by atoms with van der Waals surface area (Å²) in [5.74, 6) is 1.28. The summed E-state index contributed by atoms with van der Waals surface area (Å²) in [6.45, 7) is 1.63. The van der Waals surface area contributed by atoms with Gasteiger partial charge in [-0.25, -0.2) is 0 Å². The van der Waals surface area contributed by atoms with Crippen LogP contribution in [-0.2, 0) is 0 Å². The van der Waals surface area contributed by atoms with Gasteiger partial charge in [0.1, 0.15) is 0 Å². The summed E-state index contributed by atoms with van der Waals surface area (Å²) in [6, 6.07) is 5.50. The van der Waals surface area contributed by atoms with E-state index in [-0.39, 0.29) is 5.91 Å². The fourth-order valence-corrected chi connectivity index (χ4v) is 2.99. The van der Waals surface area contributed by atoms with Gasteiger partial charge < -0.3 is 4.90 Å². The first-order valence-corrected chi connectivity index (χ1v) is 7.37. The zero-order valence-electron chi connectivity index (χ0n) is 11.1. The summed E-state index contributed by atoms with van der Waals surface area (Å²) in [6.07, 6.45) is 5.32. The SMILES string of the molecule is O=C(c1ccc2nccnc2c1)N1CCC(CCCl)C1. The molecule has 1 aliphatic heterocycles. The molecule has 5 heteroatoms. The molecule has 0 saturated carbocycles. The minimum atomic E-state index is 0.0784. The number of hydrogen-bond donors (Lipinski definition) is 0. The monoisotopic (exact) mass is 289 g/mol. The standard InChI is InChI=1S/C15H16ClN3O/c16-5-3-11-4-8-19(10-11)15(20)12-1-2-13-14(9-12)18-7-6-17-13/h1-2,6-7,9,11H,3-5,8,10H2. The number of carbonyl (C=O) groups is 1. The number of aromatic nitrogens is 2. The van der Waals surface area contributed by atoms with Crippen LogP contribution < -0.4 is 0 Å². The molecule has 1 atom stereocenters. The maximum Gasteiger partial charge on any atom is 0.253 e. The molecular weight excluding hydrogens is 274 g/mol. The third-order valence-corrected chi connectivity index (χ3v) is 4.02.